The maximum Gasteiger partial charge on any atom is 0.327 e. The number of ketones is 1. The minimum atomic E-state index is -1.01. The number of rotatable bonds is 6. The van der Waals surface area contributed by atoms with E-state index in [-0.39, 0.29) is 23.6 Å². The number of carboxylic acid groups (broad SMARTS) is 1. The van der Waals surface area contributed by atoms with Gasteiger partial charge in [0.1, 0.15) is 17.5 Å². The molecule has 1 aromatic rings. The minimum absolute atomic E-state index is 0.0322. The number of nitrogens with two attached hydrogens (primary N) is 1. The summed E-state index contributed by atoms with van der Waals surface area (Å²) in [6.07, 6.45) is 0. The zero-order chi connectivity index (χ0) is 18.4. The highest BCUT2D eigenvalue weighted by Crippen LogP contribution is 2.50. The van der Waals surface area contributed by atoms with Crippen molar-refractivity contribution in [3.63, 3.8) is 0 Å². The molecule has 2 aliphatic heterocycles. The fourth-order valence-electron chi connectivity index (χ4n) is 3.37. The molecular formula is C17H21N3O4S. The molecule has 4 N–H and O–H groups in total. The van der Waals surface area contributed by atoms with Crippen molar-refractivity contribution in [1.82, 2.24) is 10.2 Å². The van der Waals surface area contributed by atoms with Crippen molar-refractivity contribution in [3.8, 4) is 0 Å². The van der Waals surface area contributed by atoms with E-state index in [2.05, 4.69) is 5.32 Å². The van der Waals surface area contributed by atoms with E-state index in [4.69, 9.17) is 5.73 Å². The second-order valence-corrected chi connectivity index (χ2v) is 8.58. The van der Waals surface area contributed by atoms with Gasteiger partial charge in [-0.3, -0.25) is 14.9 Å². The number of carboxylic acids is 1. The van der Waals surface area contributed by atoms with Crippen molar-refractivity contribution in [2.75, 3.05) is 6.54 Å². The van der Waals surface area contributed by atoms with Crippen LogP contribution >= 0.6 is 11.8 Å². The van der Waals surface area contributed by atoms with Crippen molar-refractivity contribution < 1.29 is 19.5 Å². The van der Waals surface area contributed by atoms with Crippen LogP contribution in [-0.2, 0) is 14.4 Å². The van der Waals surface area contributed by atoms with Gasteiger partial charge in [0.05, 0.1) is 12.6 Å². The second-order valence-electron chi connectivity index (χ2n) is 6.81. The fourth-order valence-corrected chi connectivity index (χ4v) is 5.02. The van der Waals surface area contributed by atoms with Gasteiger partial charge < -0.3 is 15.7 Å². The first-order valence-corrected chi connectivity index (χ1v) is 8.91. The summed E-state index contributed by atoms with van der Waals surface area (Å²) < 4.78 is -0.576. The number of carbonyl (C=O) groups excluding carboxylic acids is 2. The molecule has 4 unspecified atom stereocenters. The predicted molar refractivity (Wildman–Crippen MR) is 93.9 cm³/mol. The molecule has 2 heterocycles. The van der Waals surface area contributed by atoms with Crippen molar-refractivity contribution in [3.05, 3.63) is 35.9 Å². The maximum atomic E-state index is 12.3. The van der Waals surface area contributed by atoms with Gasteiger partial charge in [0, 0.05) is 4.75 Å². The van der Waals surface area contributed by atoms with Gasteiger partial charge in [-0.15, -0.1) is 11.8 Å². The highest BCUT2D eigenvalue weighted by atomic mass is 32.2. The minimum Gasteiger partial charge on any atom is -0.480 e. The average molecular weight is 363 g/mol. The lowest BCUT2D eigenvalue weighted by Crippen LogP contribution is -2.70. The van der Waals surface area contributed by atoms with Crippen LogP contribution in [0.4, 0.5) is 0 Å². The van der Waals surface area contributed by atoms with Crippen LogP contribution in [0.15, 0.2) is 30.3 Å². The number of hydrogen-bond acceptors (Lipinski definition) is 6. The van der Waals surface area contributed by atoms with Crippen LogP contribution < -0.4 is 11.1 Å². The second kappa shape index (κ2) is 6.44. The SMILES string of the molecule is CC1(C)SC2C(NCC(=O)C(N)c3ccccc3)C(=O)N2C1C(=O)O. The number of fused-ring (bicyclic) bond motifs is 1. The molecule has 25 heavy (non-hydrogen) atoms. The number of aliphatic carboxylic acids is 1. The molecule has 1 amide bonds. The summed E-state index contributed by atoms with van der Waals surface area (Å²) >= 11 is 1.44. The third-order valence-corrected chi connectivity index (χ3v) is 6.25. The highest BCUT2D eigenvalue weighted by molar-refractivity contribution is 8.01. The van der Waals surface area contributed by atoms with Crippen molar-refractivity contribution in [1.29, 1.82) is 0 Å². The van der Waals surface area contributed by atoms with E-state index in [1.54, 1.807) is 12.1 Å². The topological polar surface area (TPSA) is 113 Å². The Morgan fingerprint density at radius 2 is 2.00 bits per heavy atom. The molecule has 7 nitrogen and oxygen atoms in total. The largest absolute Gasteiger partial charge is 0.480 e. The smallest absolute Gasteiger partial charge is 0.327 e. The molecule has 2 aliphatic rings. The Kier molecular flexibility index (Phi) is 4.61. The predicted octanol–water partition coefficient (Wildman–Crippen LogP) is 0.361. The number of benzene rings is 1. The van der Waals surface area contributed by atoms with E-state index in [1.165, 1.54) is 16.7 Å². The molecule has 0 aromatic heterocycles. The van der Waals surface area contributed by atoms with Crippen LogP contribution in [0.25, 0.3) is 0 Å². The molecule has 0 saturated carbocycles. The summed E-state index contributed by atoms with van der Waals surface area (Å²) in [5.41, 5.74) is 6.68. The number of Topliss-reactive ketones (excluding diaryl/α,β-unsaturated/α-hetero) is 1. The first-order valence-electron chi connectivity index (χ1n) is 8.03. The molecule has 134 valence electrons. The number of nitrogens with one attached hydrogen (secondary N) is 1. The molecule has 0 radical (unpaired) electrons. The Morgan fingerprint density at radius 1 is 1.36 bits per heavy atom. The van der Waals surface area contributed by atoms with Crippen LogP contribution in [0, 0.1) is 0 Å². The van der Waals surface area contributed by atoms with Crippen LogP contribution in [0.1, 0.15) is 25.5 Å². The molecule has 4 atom stereocenters. The van der Waals surface area contributed by atoms with Gasteiger partial charge in [-0.05, 0) is 19.4 Å². The molecule has 0 spiro atoms. The molecule has 2 saturated heterocycles. The Bertz CT molecular complexity index is 709. The molecule has 1 aromatic carbocycles. The van der Waals surface area contributed by atoms with Gasteiger partial charge in [-0.25, -0.2) is 4.79 Å². The fraction of sp³-hybridized carbons (Fsp3) is 0.471. The van der Waals surface area contributed by atoms with Crippen LogP contribution in [0.5, 0.6) is 0 Å². The average Bonchev–Trinajstić information content (AvgIpc) is 2.83. The lowest BCUT2D eigenvalue weighted by molar-refractivity contribution is -0.160. The monoisotopic (exact) mass is 363 g/mol. The number of nitrogens with zero attached hydrogens (tertiary/aromatic N) is 1. The van der Waals surface area contributed by atoms with Gasteiger partial charge >= 0.3 is 5.97 Å². The number of amides is 1. The first kappa shape index (κ1) is 17.9. The summed E-state index contributed by atoms with van der Waals surface area (Å²) in [7, 11) is 0. The van der Waals surface area contributed by atoms with E-state index in [9.17, 15) is 19.5 Å². The summed E-state index contributed by atoms with van der Waals surface area (Å²) in [6.45, 7) is 3.60. The number of carbonyl (C=O) groups is 3. The van der Waals surface area contributed by atoms with E-state index >= 15 is 0 Å². The lowest BCUT2D eigenvalue weighted by atomic mass is 9.96. The summed E-state index contributed by atoms with van der Waals surface area (Å²) in [4.78, 5) is 37.5. The summed E-state index contributed by atoms with van der Waals surface area (Å²) in [5, 5.41) is 12.1. The first-order chi connectivity index (χ1) is 11.7. The Balaban J connectivity index is 1.61. The lowest BCUT2D eigenvalue weighted by Gasteiger charge is -2.43. The number of β-lactam (4-membered cyclic amide) rings is 1. The molecule has 3 rings (SSSR count). The van der Waals surface area contributed by atoms with Crippen molar-refractivity contribution in [2.24, 2.45) is 5.73 Å². The van der Waals surface area contributed by atoms with Gasteiger partial charge in [-0.2, -0.15) is 0 Å². The van der Waals surface area contributed by atoms with E-state index < -0.39 is 28.8 Å². The molecule has 0 bridgehead atoms. The van der Waals surface area contributed by atoms with E-state index in [0.717, 1.165) is 5.56 Å². The van der Waals surface area contributed by atoms with Crippen molar-refractivity contribution in [2.45, 2.75) is 42.1 Å². The standard InChI is InChI=1S/C17H21N3O4S/c1-17(2)13(16(23)24)20-14(22)12(15(20)25-17)19-8-10(21)11(18)9-6-4-3-5-7-9/h3-7,11-13,15,19H,8,18H2,1-2H3,(H,23,24). The van der Waals surface area contributed by atoms with Gasteiger partial charge in [0.2, 0.25) is 5.91 Å². The Labute approximate surface area is 149 Å². The van der Waals surface area contributed by atoms with Crippen LogP contribution in [-0.4, -0.2) is 56.4 Å². The third kappa shape index (κ3) is 3.05. The summed E-state index contributed by atoms with van der Waals surface area (Å²) in [6, 6.07) is 6.88. The normalized spacial score (nSPS) is 28.2. The Hall–Kier alpha value is -1.90. The van der Waals surface area contributed by atoms with Gasteiger partial charge in [-0.1, -0.05) is 30.3 Å². The molecule has 8 heteroatoms. The number of hydrogen-bond donors (Lipinski definition) is 3. The van der Waals surface area contributed by atoms with Gasteiger partial charge in [0.25, 0.3) is 0 Å². The van der Waals surface area contributed by atoms with Crippen molar-refractivity contribution >= 4 is 29.4 Å². The third-order valence-electron chi connectivity index (χ3n) is 4.68. The quantitative estimate of drug-likeness (QED) is 0.626. The van der Waals surface area contributed by atoms with Crippen LogP contribution in [0.2, 0.25) is 0 Å². The zero-order valence-electron chi connectivity index (χ0n) is 14.0. The van der Waals surface area contributed by atoms with Crippen LogP contribution in [0.3, 0.4) is 0 Å². The molecular weight excluding hydrogens is 342 g/mol. The Morgan fingerprint density at radius 3 is 2.60 bits per heavy atom. The highest BCUT2D eigenvalue weighted by Gasteiger charge is 2.63. The van der Waals surface area contributed by atoms with E-state index in [0.29, 0.717) is 0 Å². The molecule has 0 aliphatic carbocycles. The summed E-state index contributed by atoms with van der Waals surface area (Å²) in [5.74, 6) is -1.50. The van der Waals surface area contributed by atoms with Gasteiger partial charge in [0.15, 0.2) is 5.78 Å². The maximum absolute atomic E-state index is 12.3. The number of thioether (sulfide) groups is 1. The van der Waals surface area contributed by atoms with E-state index in [1.807, 2.05) is 32.0 Å². The molecule has 2 fully saturated rings. The zero-order valence-corrected chi connectivity index (χ0v) is 14.8.